The van der Waals surface area contributed by atoms with Crippen molar-refractivity contribution in [1.29, 1.82) is 0 Å². The van der Waals surface area contributed by atoms with Crippen LogP contribution in [0.4, 0.5) is 0 Å². The summed E-state index contributed by atoms with van der Waals surface area (Å²) in [5.41, 5.74) is 5.36. The number of rotatable bonds is 2. The fourth-order valence-electron chi connectivity index (χ4n) is 4.27. The average molecular weight is 255 g/mol. The average Bonchev–Trinajstić information content (AvgIpc) is 3.04. The predicted molar refractivity (Wildman–Crippen MR) is 68.0 cm³/mol. The summed E-state index contributed by atoms with van der Waals surface area (Å²) >= 11 is 0. The first-order chi connectivity index (χ1) is 8.64. The number of hydrogen-bond acceptors (Lipinski definition) is 4. The van der Waals surface area contributed by atoms with E-state index in [0.717, 1.165) is 38.5 Å². The maximum Gasteiger partial charge on any atom is 0.168 e. The van der Waals surface area contributed by atoms with Gasteiger partial charge in [-0.1, -0.05) is 12.8 Å². The van der Waals surface area contributed by atoms with Crippen molar-refractivity contribution in [3.8, 4) is 0 Å². The first-order valence-corrected chi connectivity index (χ1v) is 7.34. The van der Waals surface area contributed by atoms with Gasteiger partial charge in [-0.2, -0.15) is 0 Å². The Bertz CT molecular complexity index is 296. The van der Waals surface area contributed by atoms with Crippen LogP contribution >= 0.6 is 0 Å². The quantitative estimate of drug-likeness (QED) is 0.786. The van der Waals surface area contributed by atoms with E-state index in [4.69, 9.17) is 15.2 Å². The molecule has 4 heteroatoms. The van der Waals surface area contributed by atoms with Gasteiger partial charge in [0.15, 0.2) is 5.79 Å². The highest BCUT2D eigenvalue weighted by molar-refractivity contribution is 5.05. The molecular formula is C14H25NO3. The third kappa shape index (κ3) is 1.82. The van der Waals surface area contributed by atoms with Crippen LogP contribution in [0.3, 0.4) is 0 Å². The lowest BCUT2D eigenvalue weighted by atomic mass is 9.63. The molecule has 1 heterocycles. The molecule has 0 aromatic carbocycles. The molecule has 18 heavy (non-hydrogen) atoms. The summed E-state index contributed by atoms with van der Waals surface area (Å²) in [4.78, 5) is 0. The van der Waals surface area contributed by atoms with Gasteiger partial charge in [0.25, 0.3) is 0 Å². The Kier molecular flexibility index (Phi) is 3.17. The van der Waals surface area contributed by atoms with Gasteiger partial charge < -0.3 is 20.3 Å². The minimum atomic E-state index is -0.598. The Labute approximate surface area is 109 Å². The van der Waals surface area contributed by atoms with Gasteiger partial charge in [-0.25, -0.2) is 0 Å². The molecule has 2 saturated carbocycles. The Morgan fingerprint density at radius 2 is 1.44 bits per heavy atom. The molecule has 0 bridgehead atoms. The van der Waals surface area contributed by atoms with Crippen molar-refractivity contribution in [1.82, 2.24) is 0 Å². The first kappa shape index (κ1) is 12.9. The highest BCUT2D eigenvalue weighted by Crippen LogP contribution is 2.54. The highest BCUT2D eigenvalue weighted by atomic mass is 16.7. The van der Waals surface area contributed by atoms with E-state index >= 15 is 0 Å². The van der Waals surface area contributed by atoms with E-state index < -0.39 is 5.60 Å². The number of aliphatic hydroxyl groups is 1. The van der Waals surface area contributed by atoms with E-state index in [1.807, 2.05) is 0 Å². The lowest BCUT2D eigenvalue weighted by molar-refractivity contribution is -0.221. The van der Waals surface area contributed by atoms with Crippen LogP contribution in [0, 0.1) is 5.41 Å². The summed E-state index contributed by atoms with van der Waals surface area (Å²) in [6.07, 6.45) is 7.73. The second-order valence-corrected chi connectivity index (χ2v) is 6.33. The zero-order chi connectivity index (χ0) is 12.7. The molecule has 3 fully saturated rings. The van der Waals surface area contributed by atoms with Crippen molar-refractivity contribution in [2.45, 2.75) is 62.8 Å². The standard InChI is InChI=1S/C14H25NO3/c15-11-12(3-1-2-4-12)13(16)5-7-14(8-6-13)17-9-10-18-14/h16H,1-11,15H2. The maximum atomic E-state index is 11.1. The van der Waals surface area contributed by atoms with Gasteiger partial charge in [0.05, 0.1) is 18.8 Å². The van der Waals surface area contributed by atoms with Crippen molar-refractivity contribution >= 4 is 0 Å². The van der Waals surface area contributed by atoms with Crippen molar-refractivity contribution in [3.05, 3.63) is 0 Å². The summed E-state index contributed by atoms with van der Waals surface area (Å²) in [5.74, 6) is -0.388. The number of hydrogen-bond donors (Lipinski definition) is 2. The third-order valence-electron chi connectivity index (χ3n) is 5.59. The van der Waals surface area contributed by atoms with Crippen LogP contribution < -0.4 is 5.73 Å². The molecule has 1 saturated heterocycles. The summed E-state index contributed by atoms with van der Waals surface area (Å²) in [6.45, 7) is 2.00. The molecule has 3 rings (SSSR count). The molecule has 3 N–H and O–H groups in total. The molecule has 1 spiro atoms. The van der Waals surface area contributed by atoms with E-state index in [1.54, 1.807) is 0 Å². The van der Waals surface area contributed by atoms with Crippen molar-refractivity contribution in [2.75, 3.05) is 19.8 Å². The summed E-state index contributed by atoms with van der Waals surface area (Å²) in [6, 6.07) is 0. The lowest BCUT2D eigenvalue weighted by Gasteiger charge is -2.50. The number of ether oxygens (including phenoxy) is 2. The van der Waals surface area contributed by atoms with Crippen molar-refractivity contribution < 1.29 is 14.6 Å². The van der Waals surface area contributed by atoms with E-state index in [9.17, 15) is 5.11 Å². The fourth-order valence-corrected chi connectivity index (χ4v) is 4.27. The van der Waals surface area contributed by atoms with Crippen molar-refractivity contribution in [3.63, 3.8) is 0 Å². The summed E-state index contributed by atoms with van der Waals surface area (Å²) < 4.78 is 11.5. The minimum absolute atomic E-state index is 0.0484. The molecule has 0 unspecified atom stereocenters. The predicted octanol–water partition coefficient (Wildman–Crippen LogP) is 1.55. The van der Waals surface area contributed by atoms with Crippen LogP contribution in [0.15, 0.2) is 0 Å². The molecule has 104 valence electrons. The Morgan fingerprint density at radius 3 is 1.94 bits per heavy atom. The van der Waals surface area contributed by atoms with Crippen LogP contribution in [-0.2, 0) is 9.47 Å². The van der Waals surface area contributed by atoms with Crippen molar-refractivity contribution in [2.24, 2.45) is 11.1 Å². The second-order valence-electron chi connectivity index (χ2n) is 6.33. The van der Waals surface area contributed by atoms with Crippen LogP contribution in [0.2, 0.25) is 0 Å². The summed E-state index contributed by atoms with van der Waals surface area (Å²) in [5, 5.41) is 11.1. The van der Waals surface area contributed by atoms with Gasteiger partial charge in [0.1, 0.15) is 0 Å². The smallest absolute Gasteiger partial charge is 0.168 e. The lowest BCUT2D eigenvalue weighted by Crippen LogP contribution is -2.55. The van der Waals surface area contributed by atoms with E-state index in [-0.39, 0.29) is 11.2 Å². The van der Waals surface area contributed by atoms with E-state index in [1.165, 1.54) is 12.8 Å². The molecule has 0 radical (unpaired) electrons. The van der Waals surface area contributed by atoms with E-state index in [2.05, 4.69) is 0 Å². The van der Waals surface area contributed by atoms with Gasteiger partial charge in [-0.05, 0) is 25.7 Å². The highest BCUT2D eigenvalue weighted by Gasteiger charge is 2.55. The molecular weight excluding hydrogens is 230 g/mol. The maximum absolute atomic E-state index is 11.1. The van der Waals surface area contributed by atoms with Crippen LogP contribution in [0.1, 0.15) is 51.4 Å². The minimum Gasteiger partial charge on any atom is -0.389 e. The van der Waals surface area contributed by atoms with Gasteiger partial charge in [0, 0.05) is 24.8 Å². The molecule has 0 atom stereocenters. The molecule has 0 aromatic rings. The van der Waals surface area contributed by atoms with Crippen LogP contribution in [0.5, 0.6) is 0 Å². The second kappa shape index (κ2) is 4.44. The Hall–Kier alpha value is -0.160. The van der Waals surface area contributed by atoms with Gasteiger partial charge in [0.2, 0.25) is 0 Å². The fraction of sp³-hybridized carbons (Fsp3) is 1.00. The Morgan fingerprint density at radius 1 is 0.889 bits per heavy atom. The zero-order valence-corrected chi connectivity index (χ0v) is 11.1. The first-order valence-electron chi connectivity index (χ1n) is 7.34. The molecule has 0 aromatic heterocycles. The van der Waals surface area contributed by atoms with Crippen LogP contribution in [-0.4, -0.2) is 36.3 Å². The third-order valence-corrected chi connectivity index (χ3v) is 5.59. The Balaban J connectivity index is 1.73. The van der Waals surface area contributed by atoms with Crippen LogP contribution in [0.25, 0.3) is 0 Å². The molecule has 1 aliphatic heterocycles. The normalized spacial score (nSPS) is 33.0. The molecule has 4 nitrogen and oxygen atoms in total. The van der Waals surface area contributed by atoms with Gasteiger partial charge in [-0.15, -0.1) is 0 Å². The SMILES string of the molecule is NCC1(C2(O)CCC3(CC2)OCCO3)CCCC1. The molecule has 0 amide bonds. The summed E-state index contributed by atoms with van der Waals surface area (Å²) in [7, 11) is 0. The monoisotopic (exact) mass is 255 g/mol. The van der Waals surface area contributed by atoms with E-state index in [0.29, 0.717) is 19.8 Å². The zero-order valence-electron chi connectivity index (χ0n) is 11.1. The topological polar surface area (TPSA) is 64.7 Å². The van der Waals surface area contributed by atoms with Gasteiger partial charge in [-0.3, -0.25) is 0 Å². The number of nitrogens with two attached hydrogens (primary N) is 1. The molecule has 2 aliphatic carbocycles. The molecule has 3 aliphatic rings. The largest absolute Gasteiger partial charge is 0.389 e. The van der Waals surface area contributed by atoms with Gasteiger partial charge >= 0.3 is 0 Å².